The van der Waals surface area contributed by atoms with E-state index < -0.39 is 0 Å². The minimum Gasteiger partial charge on any atom is -0.486 e. The molecule has 0 saturated heterocycles. The Bertz CT molecular complexity index is 335. The molecule has 1 rings (SSSR count). The third-order valence-corrected chi connectivity index (χ3v) is 2.25. The number of rotatable bonds is 7. The smallest absolute Gasteiger partial charge is 0.191 e. The first-order valence-corrected chi connectivity index (χ1v) is 5.89. The van der Waals surface area contributed by atoms with Crippen molar-refractivity contribution in [1.29, 1.82) is 0 Å². The van der Waals surface area contributed by atoms with Crippen molar-refractivity contribution < 1.29 is 14.2 Å². The normalized spacial score (nSPS) is 10.8. The lowest BCUT2D eigenvalue weighted by Gasteiger charge is -2.18. The Morgan fingerprint density at radius 1 is 1.18 bits per heavy atom. The molecule has 0 aromatic heterocycles. The second-order valence-electron chi connectivity index (χ2n) is 3.69. The number of benzene rings is 1. The summed E-state index contributed by atoms with van der Waals surface area (Å²) in [7, 11) is 0. The van der Waals surface area contributed by atoms with Gasteiger partial charge in [-0.3, -0.25) is 0 Å². The van der Waals surface area contributed by atoms with Crippen molar-refractivity contribution in [2.24, 2.45) is 0 Å². The highest BCUT2D eigenvalue weighted by Gasteiger charge is 2.10. The first-order valence-electron chi connectivity index (χ1n) is 5.89. The molecule has 0 heterocycles. The fourth-order valence-corrected chi connectivity index (χ4v) is 1.47. The number of nitrogen functional groups attached to an aromatic ring is 1. The minimum absolute atomic E-state index is 0.342. The largest absolute Gasteiger partial charge is 0.486 e. The number of nitrogens with two attached hydrogens (primary N) is 1. The van der Waals surface area contributed by atoms with Crippen LogP contribution in [-0.4, -0.2) is 26.1 Å². The van der Waals surface area contributed by atoms with Crippen molar-refractivity contribution in [2.45, 2.75) is 27.1 Å². The Morgan fingerprint density at radius 2 is 1.82 bits per heavy atom. The van der Waals surface area contributed by atoms with Gasteiger partial charge in [-0.15, -0.1) is 0 Å². The molecule has 0 amide bonds. The molecule has 1 aromatic carbocycles. The molecule has 0 aliphatic carbocycles. The Kier molecular flexibility index (Phi) is 5.80. The maximum Gasteiger partial charge on any atom is 0.191 e. The summed E-state index contributed by atoms with van der Waals surface area (Å²) in [6.07, 6.45) is -0.342. The van der Waals surface area contributed by atoms with Crippen LogP contribution in [0.4, 0.5) is 5.69 Å². The van der Waals surface area contributed by atoms with Crippen LogP contribution < -0.4 is 10.5 Å². The highest BCUT2D eigenvalue weighted by Crippen LogP contribution is 2.22. The van der Waals surface area contributed by atoms with Gasteiger partial charge >= 0.3 is 0 Å². The van der Waals surface area contributed by atoms with Gasteiger partial charge in [0.05, 0.1) is 5.69 Å². The van der Waals surface area contributed by atoms with Crippen LogP contribution in [0.5, 0.6) is 5.75 Å². The maximum absolute atomic E-state index is 5.85. The zero-order valence-corrected chi connectivity index (χ0v) is 10.7. The van der Waals surface area contributed by atoms with Crippen LogP contribution in [0.3, 0.4) is 0 Å². The van der Waals surface area contributed by atoms with Crippen LogP contribution in [0, 0.1) is 6.92 Å². The van der Waals surface area contributed by atoms with E-state index in [1.54, 1.807) is 0 Å². The summed E-state index contributed by atoms with van der Waals surface area (Å²) < 4.78 is 16.3. The SMILES string of the molecule is CCOC(COc1ccc(C)cc1N)OCC. The molecule has 4 nitrogen and oxygen atoms in total. The molecule has 0 bridgehead atoms. The molecule has 2 N–H and O–H groups in total. The van der Waals surface area contributed by atoms with E-state index in [4.69, 9.17) is 19.9 Å². The summed E-state index contributed by atoms with van der Waals surface area (Å²) in [5, 5.41) is 0. The molecule has 0 aliphatic rings. The Morgan fingerprint density at radius 3 is 2.35 bits per heavy atom. The number of anilines is 1. The van der Waals surface area contributed by atoms with Crippen molar-refractivity contribution in [3.63, 3.8) is 0 Å². The van der Waals surface area contributed by atoms with Crippen molar-refractivity contribution in [3.05, 3.63) is 23.8 Å². The monoisotopic (exact) mass is 239 g/mol. The topological polar surface area (TPSA) is 53.7 Å². The van der Waals surface area contributed by atoms with Gasteiger partial charge in [0.2, 0.25) is 0 Å². The molecule has 0 aliphatic heterocycles. The standard InChI is InChI=1S/C13H21NO3/c1-4-15-13(16-5-2)9-17-12-7-6-10(3)8-11(12)14/h6-8,13H,4-5,9,14H2,1-3H3. The van der Waals surface area contributed by atoms with Gasteiger partial charge in [0, 0.05) is 13.2 Å². The third-order valence-electron chi connectivity index (χ3n) is 2.25. The minimum atomic E-state index is -0.342. The summed E-state index contributed by atoms with van der Waals surface area (Å²) >= 11 is 0. The summed E-state index contributed by atoms with van der Waals surface area (Å²) in [4.78, 5) is 0. The van der Waals surface area contributed by atoms with Gasteiger partial charge in [-0.05, 0) is 38.5 Å². The molecule has 0 radical (unpaired) electrons. The third kappa shape index (κ3) is 4.63. The highest BCUT2D eigenvalue weighted by atomic mass is 16.7. The van der Waals surface area contributed by atoms with Crippen molar-refractivity contribution in [2.75, 3.05) is 25.6 Å². The molecule has 0 atom stereocenters. The van der Waals surface area contributed by atoms with E-state index in [2.05, 4.69) is 0 Å². The van der Waals surface area contributed by atoms with E-state index in [1.165, 1.54) is 0 Å². The second-order valence-corrected chi connectivity index (χ2v) is 3.69. The van der Waals surface area contributed by atoms with E-state index >= 15 is 0 Å². The number of aryl methyl sites for hydroxylation is 1. The highest BCUT2D eigenvalue weighted by molar-refractivity contribution is 5.53. The Balaban J connectivity index is 2.52. The molecule has 17 heavy (non-hydrogen) atoms. The predicted molar refractivity (Wildman–Crippen MR) is 68.1 cm³/mol. The molecular weight excluding hydrogens is 218 g/mol. The van der Waals surface area contributed by atoms with E-state index in [-0.39, 0.29) is 6.29 Å². The molecule has 1 aromatic rings. The lowest BCUT2D eigenvalue weighted by atomic mass is 10.2. The molecule has 4 heteroatoms. The van der Waals surface area contributed by atoms with Crippen LogP contribution in [0.15, 0.2) is 18.2 Å². The van der Waals surface area contributed by atoms with Crippen molar-refractivity contribution in [3.8, 4) is 5.75 Å². The second kappa shape index (κ2) is 7.14. The summed E-state index contributed by atoms with van der Waals surface area (Å²) in [5.41, 5.74) is 7.60. The van der Waals surface area contributed by atoms with Crippen LogP contribution in [0.2, 0.25) is 0 Å². The van der Waals surface area contributed by atoms with Gasteiger partial charge in [0.1, 0.15) is 12.4 Å². The zero-order valence-electron chi connectivity index (χ0n) is 10.7. The summed E-state index contributed by atoms with van der Waals surface area (Å²) in [6.45, 7) is 7.37. The quantitative estimate of drug-likeness (QED) is 0.586. The van der Waals surface area contributed by atoms with Crippen LogP contribution in [-0.2, 0) is 9.47 Å². The lowest BCUT2D eigenvalue weighted by Crippen LogP contribution is -2.25. The fourth-order valence-electron chi connectivity index (χ4n) is 1.47. The van der Waals surface area contributed by atoms with Crippen LogP contribution in [0.25, 0.3) is 0 Å². The molecule has 0 unspecified atom stereocenters. The summed E-state index contributed by atoms with van der Waals surface area (Å²) in [6, 6.07) is 5.70. The predicted octanol–water partition coefficient (Wildman–Crippen LogP) is 2.36. The van der Waals surface area contributed by atoms with Crippen molar-refractivity contribution in [1.82, 2.24) is 0 Å². The Hall–Kier alpha value is -1.26. The molecule has 0 fully saturated rings. The first-order chi connectivity index (χ1) is 8.17. The van der Waals surface area contributed by atoms with Crippen LogP contribution in [0.1, 0.15) is 19.4 Å². The van der Waals surface area contributed by atoms with Gasteiger partial charge in [-0.1, -0.05) is 6.07 Å². The van der Waals surface area contributed by atoms with E-state index in [0.717, 1.165) is 5.56 Å². The number of hydrogen-bond acceptors (Lipinski definition) is 4. The van der Waals surface area contributed by atoms with Crippen LogP contribution >= 0.6 is 0 Å². The number of hydrogen-bond donors (Lipinski definition) is 1. The molecule has 0 saturated carbocycles. The first kappa shape index (κ1) is 13.8. The van der Waals surface area contributed by atoms with Gasteiger partial charge < -0.3 is 19.9 Å². The van der Waals surface area contributed by atoms with Gasteiger partial charge in [-0.2, -0.15) is 0 Å². The van der Waals surface area contributed by atoms with Gasteiger partial charge in [-0.25, -0.2) is 0 Å². The lowest BCUT2D eigenvalue weighted by molar-refractivity contribution is -0.152. The fraction of sp³-hybridized carbons (Fsp3) is 0.538. The van der Waals surface area contributed by atoms with Gasteiger partial charge in [0.15, 0.2) is 6.29 Å². The Labute approximate surface area is 103 Å². The van der Waals surface area contributed by atoms with E-state index in [9.17, 15) is 0 Å². The molecule has 0 spiro atoms. The maximum atomic E-state index is 5.85. The molecular formula is C13H21NO3. The van der Waals surface area contributed by atoms with Crippen molar-refractivity contribution >= 4 is 5.69 Å². The van der Waals surface area contributed by atoms with E-state index in [0.29, 0.717) is 31.3 Å². The number of ether oxygens (including phenoxy) is 3. The van der Waals surface area contributed by atoms with E-state index in [1.807, 2.05) is 39.0 Å². The average Bonchev–Trinajstić information content (AvgIpc) is 2.28. The average molecular weight is 239 g/mol. The van der Waals surface area contributed by atoms with Gasteiger partial charge in [0.25, 0.3) is 0 Å². The summed E-state index contributed by atoms with van der Waals surface area (Å²) in [5.74, 6) is 0.667. The molecule has 96 valence electrons. The zero-order chi connectivity index (χ0) is 12.7.